The van der Waals surface area contributed by atoms with Crippen LogP contribution in [0.2, 0.25) is 0 Å². The smallest absolute Gasteiger partial charge is 0.221 e. The van der Waals surface area contributed by atoms with E-state index < -0.39 is 0 Å². The molecule has 0 unspecified atom stereocenters. The molecule has 5 heteroatoms. The molecule has 0 radical (unpaired) electrons. The Morgan fingerprint density at radius 3 is 2.78 bits per heavy atom. The van der Waals surface area contributed by atoms with Gasteiger partial charge in [0.1, 0.15) is 0 Å². The maximum Gasteiger partial charge on any atom is 0.221 e. The summed E-state index contributed by atoms with van der Waals surface area (Å²) in [6.07, 6.45) is 2.60. The number of nitrogens with zero attached hydrogens (tertiary/aromatic N) is 1. The molecule has 0 atom stereocenters. The van der Waals surface area contributed by atoms with Gasteiger partial charge in [-0.15, -0.1) is 0 Å². The lowest BCUT2D eigenvalue weighted by Crippen LogP contribution is -2.49. The lowest BCUT2D eigenvalue weighted by Gasteiger charge is -2.38. The molecule has 1 spiro atoms. The van der Waals surface area contributed by atoms with Gasteiger partial charge >= 0.3 is 0 Å². The molecule has 1 N–H and O–H groups in total. The average molecular weight is 256 g/mol. The number of carbonyl (C=O) groups is 1. The highest BCUT2D eigenvalue weighted by molar-refractivity contribution is 5.76. The molecule has 0 aromatic heterocycles. The summed E-state index contributed by atoms with van der Waals surface area (Å²) in [7, 11) is 0. The first-order valence-corrected chi connectivity index (χ1v) is 6.89. The van der Waals surface area contributed by atoms with E-state index in [1.54, 1.807) is 0 Å². The van der Waals surface area contributed by atoms with Crippen molar-refractivity contribution in [3.63, 3.8) is 0 Å². The van der Waals surface area contributed by atoms with Crippen LogP contribution in [-0.2, 0) is 14.3 Å². The zero-order chi connectivity index (χ0) is 13.0. The lowest BCUT2D eigenvalue weighted by atomic mass is 10.0. The molecule has 0 saturated carbocycles. The third-order valence-corrected chi connectivity index (χ3v) is 3.41. The second-order valence-corrected chi connectivity index (χ2v) is 5.46. The Morgan fingerprint density at radius 2 is 2.11 bits per heavy atom. The topological polar surface area (TPSA) is 50.8 Å². The highest BCUT2D eigenvalue weighted by Crippen LogP contribution is 2.29. The highest BCUT2D eigenvalue weighted by Gasteiger charge is 2.40. The molecule has 0 bridgehead atoms. The Bertz CT molecular complexity index is 288. The van der Waals surface area contributed by atoms with Crippen LogP contribution in [0.15, 0.2) is 0 Å². The minimum absolute atomic E-state index is 0.123. The first kappa shape index (κ1) is 13.8. The molecule has 2 rings (SSSR count). The Labute approximate surface area is 109 Å². The number of rotatable bonds is 4. The molecule has 104 valence electrons. The van der Waals surface area contributed by atoms with Gasteiger partial charge < -0.3 is 14.8 Å². The maximum atomic E-state index is 11.6. The molecule has 5 nitrogen and oxygen atoms in total. The number of hydrogen-bond acceptors (Lipinski definition) is 4. The standard InChI is InChI=1S/C13H24N2O3/c1-11(2)14-12(16)4-7-15-6-3-5-13(10-15)17-8-9-18-13/h11H,3-10H2,1-2H3,(H,14,16). The van der Waals surface area contributed by atoms with Gasteiger partial charge in [-0.05, 0) is 26.8 Å². The van der Waals surface area contributed by atoms with E-state index in [1.165, 1.54) is 0 Å². The van der Waals surface area contributed by atoms with Crippen LogP contribution in [0.4, 0.5) is 0 Å². The minimum Gasteiger partial charge on any atom is -0.354 e. The van der Waals surface area contributed by atoms with Crippen molar-refractivity contribution in [2.24, 2.45) is 0 Å². The third-order valence-electron chi connectivity index (χ3n) is 3.41. The van der Waals surface area contributed by atoms with Crippen LogP contribution in [-0.4, -0.2) is 55.5 Å². The monoisotopic (exact) mass is 256 g/mol. The molecule has 2 saturated heterocycles. The molecular weight excluding hydrogens is 232 g/mol. The second-order valence-electron chi connectivity index (χ2n) is 5.46. The quantitative estimate of drug-likeness (QED) is 0.806. The molecule has 2 heterocycles. The maximum absolute atomic E-state index is 11.6. The third kappa shape index (κ3) is 3.67. The van der Waals surface area contributed by atoms with Crippen molar-refractivity contribution in [1.29, 1.82) is 0 Å². The largest absolute Gasteiger partial charge is 0.354 e. The van der Waals surface area contributed by atoms with E-state index in [9.17, 15) is 4.79 Å². The molecule has 18 heavy (non-hydrogen) atoms. The summed E-state index contributed by atoms with van der Waals surface area (Å²) in [4.78, 5) is 13.9. The fraction of sp³-hybridized carbons (Fsp3) is 0.923. The fourth-order valence-electron chi connectivity index (χ4n) is 2.65. The fourth-order valence-corrected chi connectivity index (χ4v) is 2.65. The zero-order valence-corrected chi connectivity index (χ0v) is 11.4. The van der Waals surface area contributed by atoms with Crippen LogP contribution < -0.4 is 5.32 Å². The van der Waals surface area contributed by atoms with E-state index in [0.717, 1.165) is 32.5 Å². The predicted molar refractivity (Wildman–Crippen MR) is 68.2 cm³/mol. The predicted octanol–water partition coefficient (Wildman–Crippen LogP) is 0.740. The molecule has 2 fully saturated rings. The molecular formula is C13H24N2O3. The van der Waals surface area contributed by atoms with Crippen molar-refractivity contribution in [3.05, 3.63) is 0 Å². The van der Waals surface area contributed by atoms with E-state index >= 15 is 0 Å². The minimum atomic E-state index is -0.382. The molecule has 0 aromatic carbocycles. The van der Waals surface area contributed by atoms with E-state index in [2.05, 4.69) is 10.2 Å². The van der Waals surface area contributed by atoms with Gasteiger partial charge in [-0.25, -0.2) is 0 Å². The second kappa shape index (κ2) is 5.99. The number of carbonyl (C=O) groups excluding carboxylic acids is 1. The summed E-state index contributed by atoms with van der Waals surface area (Å²) < 4.78 is 11.4. The number of hydrogen-bond donors (Lipinski definition) is 1. The zero-order valence-electron chi connectivity index (χ0n) is 11.4. The van der Waals surface area contributed by atoms with Gasteiger partial charge in [0.2, 0.25) is 5.91 Å². The average Bonchev–Trinajstić information content (AvgIpc) is 2.74. The van der Waals surface area contributed by atoms with E-state index in [0.29, 0.717) is 19.6 Å². The Balaban J connectivity index is 1.74. The van der Waals surface area contributed by atoms with E-state index in [1.807, 2.05) is 13.8 Å². The summed E-state index contributed by atoms with van der Waals surface area (Å²) in [5, 5.41) is 2.92. The number of amides is 1. The molecule has 0 aliphatic carbocycles. The number of piperidine rings is 1. The van der Waals surface area contributed by atoms with Gasteiger partial charge in [0, 0.05) is 25.4 Å². The summed E-state index contributed by atoms with van der Waals surface area (Å²) in [6.45, 7) is 7.96. The van der Waals surface area contributed by atoms with Crippen molar-refractivity contribution >= 4 is 5.91 Å². The van der Waals surface area contributed by atoms with Gasteiger partial charge in [0.05, 0.1) is 19.8 Å². The van der Waals surface area contributed by atoms with Crippen LogP contribution in [0.5, 0.6) is 0 Å². The van der Waals surface area contributed by atoms with Gasteiger partial charge in [0.15, 0.2) is 5.79 Å². The van der Waals surface area contributed by atoms with Gasteiger partial charge in [-0.1, -0.05) is 0 Å². The number of likely N-dealkylation sites (tertiary alicyclic amines) is 1. The SMILES string of the molecule is CC(C)NC(=O)CCN1CCCC2(C1)OCCO2. The lowest BCUT2D eigenvalue weighted by molar-refractivity contribution is -0.189. The van der Waals surface area contributed by atoms with Crippen molar-refractivity contribution in [2.75, 3.05) is 32.8 Å². The van der Waals surface area contributed by atoms with Crippen LogP contribution in [0.25, 0.3) is 0 Å². The van der Waals surface area contributed by atoms with Crippen molar-refractivity contribution in [3.8, 4) is 0 Å². The Hall–Kier alpha value is -0.650. The highest BCUT2D eigenvalue weighted by atomic mass is 16.7. The van der Waals surface area contributed by atoms with Crippen LogP contribution >= 0.6 is 0 Å². The summed E-state index contributed by atoms with van der Waals surface area (Å²) in [5.41, 5.74) is 0. The molecule has 2 aliphatic heterocycles. The first-order chi connectivity index (χ1) is 8.60. The first-order valence-electron chi connectivity index (χ1n) is 6.89. The van der Waals surface area contributed by atoms with Crippen molar-refractivity contribution in [2.45, 2.75) is 44.9 Å². The number of nitrogens with one attached hydrogen (secondary N) is 1. The van der Waals surface area contributed by atoms with E-state index in [-0.39, 0.29) is 17.7 Å². The Morgan fingerprint density at radius 1 is 1.39 bits per heavy atom. The summed E-state index contributed by atoms with van der Waals surface area (Å²) in [5.74, 6) is -0.259. The Kier molecular flexibility index (Phi) is 4.59. The van der Waals surface area contributed by atoms with Gasteiger partial charge in [-0.2, -0.15) is 0 Å². The summed E-state index contributed by atoms with van der Waals surface area (Å²) >= 11 is 0. The summed E-state index contributed by atoms with van der Waals surface area (Å²) in [6, 6.07) is 0.215. The number of ether oxygens (including phenoxy) is 2. The molecule has 0 aromatic rings. The normalized spacial score (nSPS) is 23.7. The van der Waals surface area contributed by atoms with Crippen LogP contribution in [0.3, 0.4) is 0 Å². The van der Waals surface area contributed by atoms with Crippen molar-refractivity contribution < 1.29 is 14.3 Å². The van der Waals surface area contributed by atoms with Gasteiger partial charge in [0.25, 0.3) is 0 Å². The van der Waals surface area contributed by atoms with Crippen LogP contribution in [0, 0.1) is 0 Å². The molecule has 1 amide bonds. The van der Waals surface area contributed by atoms with Gasteiger partial charge in [-0.3, -0.25) is 9.69 Å². The van der Waals surface area contributed by atoms with Crippen LogP contribution in [0.1, 0.15) is 33.1 Å². The van der Waals surface area contributed by atoms with E-state index in [4.69, 9.17) is 9.47 Å². The van der Waals surface area contributed by atoms with Crippen molar-refractivity contribution in [1.82, 2.24) is 10.2 Å². The molecule has 2 aliphatic rings.